The second-order valence-electron chi connectivity index (χ2n) is 5.08. The summed E-state index contributed by atoms with van der Waals surface area (Å²) >= 11 is 0. The number of aliphatic carboxylic acids is 1. The second-order valence-corrected chi connectivity index (χ2v) is 5.08. The molecule has 0 aromatic rings. The van der Waals surface area contributed by atoms with Crippen LogP contribution < -0.4 is 5.32 Å². The summed E-state index contributed by atoms with van der Waals surface area (Å²) in [6.45, 7) is 6.27. The Morgan fingerprint density at radius 1 is 1.33 bits per heavy atom. The smallest absolute Gasteiger partial charge is 0.326 e. The number of carbonyl (C=O) groups excluding carboxylic acids is 2. The number of carbonyl (C=O) groups is 3. The van der Waals surface area contributed by atoms with Gasteiger partial charge in [0.2, 0.25) is 5.91 Å². The molecule has 120 valence electrons. The first-order chi connectivity index (χ1) is 9.81. The number of aliphatic hydroxyl groups excluding tert-OH is 1. The third-order valence-corrected chi connectivity index (χ3v) is 3.61. The molecule has 8 heteroatoms. The molecule has 1 heterocycles. The highest BCUT2D eigenvalue weighted by Gasteiger charge is 2.39. The Labute approximate surface area is 123 Å². The van der Waals surface area contributed by atoms with Gasteiger partial charge in [0.1, 0.15) is 12.1 Å². The van der Waals surface area contributed by atoms with E-state index in [1.807, 2.05) is 13.8 Å². The minimum Gasteiger partial charge on any atom is -0.480 e. The standard InChI is InChI=1S/C13H23N3O5/c1-4-15(5-2)11(18)8(3)14-13(21)16-7-9(17)6-10(16)12(19)20/h8-10,17H,4-7H2,1-3H3,(H,14,21)(H,19,20)/t8?,9-,10-/m0/s1. The van der Waals surface area contributed by atoms with Crippen LogP contribution in [0.2, 0.25) is 0 Å². The fraction of sp³-hybridized carbons (Fsp3) is 0.769. The summed E-state index contributed by atoms with van der Waals surface area (Å²) in [6, 6.07) is -2.45. The molecular weight excluding hydrogens is 278 g/mol. The zero-order valence-electron chi connectivity index (χ0n) is 12.6. The van der Waals surface area contributed by atoms with Crippen molar-refractivity contribution in [2.75, 3.05) is 19.6 Å². The number of likely N-dealkylation sites (N-methyl/N-ethyl adjacent to an activating group) is 1. The lowest BCUT2D eigenvalue weighted by molar-refractivity contribution is -0.141. The molecule has 1 aliphatic rings. The van der Waals surface area contributed by atoms with Gasteiger partial charge in [0, 0.05) is 26.1 Å². The van der Waals surface area contributed by atoms with E-state index in [1.54, 1.807) is 11.8 Å². The molecular formula is C13H23N3O5. The summed E-state index contributed by atoms with van der Waals surface area (Å²) in [4.78, 5) is 37.9. The van der Waals surface area contributed by atoms with Crippen LogP contribution in [0.15, 0.2) is 0 Å². The maximum atomic E-state index is 12.1. The topological polar surface area (TPSA) is 110 Å². The number of hydrogen-bond acceptors (Lipinski definition) is 4. The van der Waals surface area contributed by atoms with Crippen LogP contribution in [0.5, 0.6) is 0 Å². The van der Waals surface area contributed by atoms with Crippen molar-refractivity contribution in [2.24, 2.45) is 0 Å². The van der Waals surface area contributed by atoms with Crippen molar-refractivity contribution in [3.8, 4) is 0 Å². The molecule has 1 unspecified atom stereocenters. The minimum absolute atomic E-state index is 0.00112. The van der Waals surface area contributed by atoms with E-state index in [-0.39, 0.29) is 18.9 Å². The van der Waals surface area contributed by atoms with Gasteiger partial charge in [0.15, 0.2) is 0 Å². The Bertz CT molecular complexity index is 411. The molecule has 0 bridgehead atoms. The maximum Gasteiger partial charge on any atom is 0.326 e. The van der Waals surface area contributed by atoms with E-state index in [4.69, 9.17) is 5.11 Å². The van der Waals surface area contributed by atoms with Crippen molar-refractivity contribution in [3.63, 3.8) is 0 Å². The number of carboxylic acid groups (broad SMARTS) is 1. The largest absolute Gasteiger partial charge is 0.480 e. The molecule has 3 N–H and O–H groups in total. The fourth-order valence-electron chi connectivity index (χ4n) is 2.41. The number of rotatable bonds is 5. The van der Waals surface area contributed by atoms with Gasteiger partial charge in [-0.1, -0.05) is 0 Å². The molecule has 3 atom stereocenters. The van der Waals surface area contributed by atoms with Gasteiger partial charge < -0.3 is 25.3 Å². The number of nitrogens with zero attached hydrogens (tertiary/aromatic N) is 2. The lowest BCUT2D eigenvalue weighted by Crippen LogP contribution is -2.53. The summed E-state index contributed by atoms with van der Waals surface area (Å²) in [6.07, 6.45) is -0.855. The third-order valence-electron chi connectivity index (χ3n) is 3.61. The van der Waals surface area contributed by atoms with Gasteiger partial charge in [0.25, 0.3) is 0 Å². The minimum atomic E-state index is -1.16. The highest BCUT2D eigenvalue weighted by Crippen LogP contribution is 2.18. The van der Waals surface area contributed by atoms with Crippen molar-refractivity contribution in [1.29, 1.82) is 0 Å². The molecule has 1 aliphatic heterocycles. The van der Waals surface area contributed by atoms with Gasteiger partial charge in [-0.3, -0.25) is 4.79 Å². The van der Waals surface area contributed by atoms with Gasteiger partial charge >= 0.3 is 12.0 Å². The first-order valence-electron chi connectivity index (χ1n) is 7.08. The van der Waals surface area contributed by atoms with Gasteiger partial charge in [-0.15, -0.1) is 0 Å². The zero-order valence-corrected chi connectivity index (χ0v) is 12.6. The Morgan fingerprint density at radius 2 is 1.90 bits per heavy atom. The Balaban J connectivity index is 2.67. The summed E-state index contributed by atoms with van der Waals surface area (Å²) in [5.41, 5.74) is 0. The van der Waals surface area contributed by atoms with Crippen LogP contribution >= 0.6 is 0 Å². The highest BCUT2D eigenvalue weighted by atomic mass is 16.4. The summed E-state index contributed by atoms with van der Waals surface area (Å²) in [7, 11) is 0. The van der Waals surface area contributed by atoms with Crippen LogP contribution in [-0.4, -0.2) is 75.7 Å². The van der Waals surface area contributed by atoms with Crippen molar-refractivity contribution >= 4 is 17.9 Å². The average Bonchev–Trinajstić information content (AvgIpc) is 2.82. The molecule has 0 aliphatic carbocycles. The Hall–Kier alpha value is -1.83. The molecule has 1 saturated heterocycles. The monoisotopic (exact) mass is 301 g/mol. The molecule has 0 aromatic heterocycles. The van der Waals surface area contributed by atoms with E-state index in [1.165, 1.54) is 0 Å². The Kier molecular flexibility index (Phi) is 5.95. The van der Waals surface area contributed by atoms with Gasteiger partial charge in [-0.25, -0.2) is 9.59 Å². The second kappa shape index (κ2) is 7.26. The van der Waals surface area contributed by atoms with E-state index in [9.17, 15) is 19.5 Å². The molecule has 1 fully saturated rings. The van der Waals surface area contributed by atoms with E-state index in [0.717, 1.165) is 4.90 Å². The number of nitrogens with one attached hydrogen (secondary N) is 1. The maximum absolute atomic E-state index is 12.1. The first kappa shape index (κ1) is 17.2. The summed E-state index contributed by atoms with van der Waals surface area (Å²) in [5, 5.41) is 21.1. The molecule has 0 saturated carbocycles. The predicted molar refractivity (Wildman–Crippen MR) is 74.7 cm³/mol. The van der Waals surface area contributed by atoms with E-state index in [2.05, 4.69) is 5.32 Å². The number of hydrogen-bond donors (Lipinski definition) is 3. The number of β-amino-alcohol motifs (C(OH)–C–C–N with tert-alkyl or cyclic N) is 1. The van der Waals surface area contributed by atoms with Crippen molar-refractivity contribution < 1.29 is 24.6 Å². The van der Waals surface area contributed by atoms with Gasteiger partial charge in [-0.2, -0.15) is 0 Å². The van der Waals surface area contributed by atoms with Crippen LogP contribution in [0.3, 0.4) is 0 Å². The van der Waals surface area contributed by atoms with Gasteiger partial charge in [0.05, 0.1) is 6.10 Å². The SMILES string of the molecule is CCN(CC)C(=O)C(C)NC(=O)N1C[C@@H](O)C[C@H]1C(=O)O. The van der Waals surface area contributed by atoms with Crippen LogP contribution in [0.4, 0.5) is 4.79 Å². The van der Waals surface area contributed by atoms with Crippen LogP contribution in [0.25, 0.3) is 0 Å². The van der Waals surface area contributed by atoms with Crippen LogP contribution in [-0.2, 0) is 9.59 Å². The number of aliphatic hydroxyl groups is 1. The van der Waals surface area contributed by atoms with Crippen LogP contribution in [0.1, 0.15) is 27.2 Å². The summed E-state index contributed by atoms with van der Waals surface area (Å²) in [5.74, 6) is -1.38. The molecule has 1 rings (SSSR count). The van der Waals surface area contributed by atoms with Crippen LogP contribution in [0, 0.1) is 0 Å². The lowest BCUT2D eigenvalue weighted by atomic mass is 10.2. The normalized spacial score (nSPS) is 22.8. The number of amides is 3. The van der Waals surface area contributed by atoms with E-state index < -0.39 is 30.2 Å². The number of likely N-dealkylation sites (tertiary alicyclic amines) is 1. The zero-order chi connectivity index (χ0) is 16.2. The van der Waals surface area contributed by atoms with Gasteiger partial charge in [-0.05, 0) is 20.8 Å². The number of urea groups is 1. The van der Waals surface area contributed by atoms with Crippen molar-refractivity contribution in [1.82, 2.24) is 15.1 Å². The van der Waals surface area contributed by atoms with Crippen molar-refractivity contribution in [2.45, 2.75) is 45.4 Å². The highest BCUT2D eigenvalue weighted by molar-refractivity contribution is 5.89. The quantitative estimate of drug-likeness (QED) is 0.632. The third kappa shape index (κ3) is 4.07. The summed E-state index contributed by atoms with van der Waals surface area (Å²) < 4.78 is 0. The molecule has 0 radical (unpaired) electrons. The molecule has 0 spiro atoms. The van der Waals surface area contributed by atoms with E-state index >= 15 is 0 Å². The Morgan fingerprint density at radius 3 is 2.38 bits per heavy atom. The molecule has 0 aromatic carbocycles. The average molecular weight is 301 g/mol. The predicted octanol–water partition coefficient (Wildman–Crippen LogP) is -0.527. The lowest BCUT2D eigenvalue weighted by Gasteiger charge is -2.27. The first-order valence-corrected chi connectivity index (χ1v) is 7.08. The number of carboxylic acids is 1. The molecule has 3 amide bonds. The molecule has 8 nitrogen and oxygen atoms in total. The van der Waals surface area contributed by atoms with E-state index in [0.29, 0.717) is 13.1 Å². The molecule has 21 heavy (non-hydrogen) atoms. The van der Waals surface area contributed by atoms with Crippen molar-refractivity contribution in [3.05, 3.63) is 0 Å². The fourth-order valence-corrected chi connectivity index (χ4v) is 2.41.